The Morgan fingerprint density at radius 3 is 2.13 bits per heavy atom. The van der Waals surface area contributed by atoms with Gasteiger partial charge in [-0.3, -0.25) is 13.9 Å². The van der Waals surface area contributed by atoms with E-state index < -0.39 is 45.8 Å². The summed E-state index contributed by atoms with van der Waals surface area (Å²) in [5.41, 5.74) is 0.786. The Bertz CT molecular complexity index is 1420. The topological polar surface area (TPSA) is 86.8 Å². The number of nitrogens with zero attached hydrogens (tertiary/aromatic N) is 2. The molecule has 0 saturated heterocycles. The summed E-state index contributed by atoms with van der Waals surface area (Å²) in [7, 11) is -4.17. The minimum atomic E-state index is -4.17. The monoisotopic (exact) mass is 617 g/mol. The number of nitrogens with one attached hydrogen (secondary N) is 1. The third kappa shape index (κ3) is 7.89. The zero-order valence-electron chi connectivity index (χ0n) is 22.6. The number of amides is 2. The van der Waals surface area contributed by atoms with Crippen LogP contribution in [0.1, 0.15) is 38.8 Å². The lowest BCUT2D eigenvalue weighted by molar-refractivity contribution is -0.140. The molecule has 0 saturated carbocycles. The van der Waals surface area contributed by atoms with Gasteiger partial charge in [-0.05, 0) is 77.1 Å². The molecule has 0 aliphatic heterocycles. The minimum Gasteiger partial charge on any atom is -0.350 e. The lowest BCUT2D eigenvalue weighted by Crippen LogP contribution is -2.54. The highest BCUT2D eigenvalue weighted by Crippen LogP contribution is 2.26. The van der Waals surface area contributed by atoms with Gasteiger partial charge in [-0.15, -0.1) is 0 Å². The number of hydrogen-bond acceptors (Lipinski definition) is 4. The van der Waals surface area contributed by atoms with Crippen LogP contribution in [0.15, 0.2) is 82.2 Å². The molecule has 2 amide bonds. The van der Waals surface area contributed by atoms with Crippen LogP contribution in [0, 0.1) is 12.7 Å². The molecule has 0 heterocycles. The molecule has 1 N–H and O–H groups in total. The highest BCUT2D eigenvalue weighted by atomic mass is 79.9. The number of sulfonamides is 1. The van der Waals surface area contributed by atoms with E-state index in [0.717, 1.165) is 14.3 Å². The summed E-state index contributed by atoms with van der Waals surface area (Å²) in [4.78, 5) is 28.2. The van der Waals surface area contributed by atoms with Gasteiger partial charge >= 0.3 is 0 Å². The molecule has 0 unspecified atom stereocenters. The third-order valence-electron chi connectivity index (χ3n) is 5.97. The van der Waals surface area contributed by atoms with E-state index in [1.54, 1.807) is 42.5 Å². The van der Waals surface area contributed by atoms with E-state index >= 15 is 0 Å². The van der Waals surface area contributed by atoms with E-state index in [1.807, 2.05) is 27.7 Å². The lowest BCUT2D eigenvalue weighted by atomic mass is 10.1. The molecule has 0 aromatic heterocycles. The maximum Gasteiger partial charge on any atom is 0.264 e. The molecule has 3 rings (SSSR count). The second-order valence-corrected chi connectivity index (χ2v) is 13.1. The predicted molar refractivity (Wildman–Crippen MR) is 154 cm³/mol. The van der Waals surface area contributed by atoms with Crippen LogP contribution in [-0.2, 0) is 26.2 Å². The van der Waals surface area contributed by atoms with Crippen LogP contribution in [0.3, 0.4) is 0 Å². The zero-order valence-corrected chi connectivity index (χ0v) is 25.0. The van der Waals surface area contributed by atoms with E-state index in [4.69, 9.17) is 0 Å². The molecule has 0 fully saturated rings. The Morgan fingerprint density at radius 2 is 1.56 bits per heavy atom. The third-order valence-corrected chi connectivity index (χ3v) is 8.28. The SMILES string of the molecule is Cc1ccc(S(=O)(=O)N(CC(=O)N(Cc2ccccc2F)[C@@H](C)C(=O)NC(C)(C)C)c2ccc(Br)cc2)cc1. The van der Waals surface area contributed by atoms with Gasteiger partial charge in [-0.2, -0.15) is 0 Å². The standard InChI is InChI=1S/C29H33BrFN3O4S/c1-20-10-16-25(17-11-20)39(37,38)34(24-14-12-23(30)13-15-24)19-27(35)33(18-22-8-6-7-9-26(22)31)21(2)28(36)32-29(3,4)5/h6-17,21H,18-19H2,1-5H3,(H,32,36)/t21-/m0/s1. The lowest BCUT2D eigenvalue weighted by Gasteiger charge is -2.33. The number of carbonyl (C=O) groups is 2. The first-order chi connectivity index (χ1) is 18.2. The van der Waals surface area contributed by atoms with Gasteiger partial charge in [0.25, 0.3) is 10.0 Å². The van der Waals surface area contributed by atoms with E-state index in [1.165, 1.54) is 42.2 Å². The summed E-state index contributed by atoms with van der Waals surface area (Å²) in [5, 5.41) is 2.84. The summed E-state index contributed by atoms with van der Waals surface area (Å²) >= 11 is 3.35. The Labute approximate surface area is 238 Å². The maximum absolute atomic E-state index is 14.6. The summed E-state index contributed by atoms with van der Waals surface area (Å²) < 4.78 is 43.9. The van der Waals surface area contributed by atoms with Crippen molar-refractivity contribution in [2.45, 2.75) is 57.6 Å². The quantitative estimate of drug-likeness (QED) is 0.347. The minimum absolute atomic E-state index is 0.0167. The number of halogens is 2. The highest BCUT2D eigenvalue weighted by Gasteiger charge is 2.33. The van der Waals surface area contributed by atoms with E-state index in [9.17, 15) is 22.4 Å². The van der Waals surface area contributed by atoms with E-state index in [0.29, 0.717) is 0 Å². The number of anilines is 1. The van der Waals surface area contributed by atoms with Crippen LogP contribution in [0.5, 0.6) is 0 Å². The Kier molecular flexibility index (Phi) is 9.55. The summed E-state index contributed by atoms with van der Waals surface area (Å²) in [5.74, 6) is -1.63. The molecule has 10 heteroatoms. The normalized spacial score (nSPS) is 12.5. The van der Waals surface area contributed by atoms with E-state index in [2.05, 4.69) is 21.2 Å². The van der Waals surface area contributed by atoms with Crippen LogP contribution >= 0.6 is 15.9 Å². The average Bonchev–Trinajstić information content (AvgIpc) is 2.86. The van der Waals surface area contributed by atoms with Crippen molar-refractivity contribution in [3.63, 3.8) is 0 Å². The molecule has 1 atom stereocenters. The molecule has 3 aromatic rings. The van der Waals surface area contributed by atoms with Crippen molar-refractivity contribution >= 4 is 43.5 Å². The molecule has 0 aliphatic rings. The molecule has 208 valence electrons. The Hall–Kier alpha value is -3.24. The van der Waals surface area contributed by atoms with Crippen molar-refractivity contribution in [1.29, 1.82) is 0 Å². The van der Waals surface area contributed by atoms with Gasteiger partial charge in [0.15, 0.2) is 0 Å². The van der Waals surface area contributed by atoms with Gasteiger partial charge in [0, 0.05) is 22.1 Å². The molecule has 7 nitrogen and oxygen atoms in total. The second-order valence-electron chi connectivity index (χ2n) is 10.3. The number of aryl methyl sites for hydroxylation is 1. The molecular formula is C29H33BrFN3O4S. The first kappa shape index (κ1) is 30.3. The summed E-state index contributed by atoms with van der Waals surface area (Å²) in [6.07, 6.45) is 0. The molecule has 0 aliphatic carbocycles. The summed E-state index contributed by atoms with van der Waals surface area (Å²) in [6.45, 7) is 8.00. The summed E-state index contributed by atoms with van der Waals surface area (Å²) in [6, 6.07) is 17.8. The van der Waals surface area contributed by atoms with Gasteiger partial charge in [0.05, 0.1) is 10.6 Å². The second kappa shape index (κ2) is 12.3. The smallest absolute Gasteiger partial charge is 0.264 e. The zero-order chi connectivity index (χ0) is 29.0. The van der Waals surface area contributed by atoms with Crippen molar-refractivity contribution in [2.75, 3.05) is 10.8 Å². The molecule has 3 aromatic carbocycles. The number of benzene rings is 3. The predicted octanol–water partition coefficient (Wildman–Crippen LogP) is 5.42. The number of carbonyl (C=O) groups excluding carboxylic acids is 2. The van der Waals surface area contributed by atoms with E-state index in [-0.39, 0.29) is 22.7 Å². The largest absolute Gasteiger partial charge is 0.350 e. The first-order valence-corrected chi connectivity index (χ1v) is 14.6. The van der Waals surface area contributed by atoms with Crippen molar-refractivity contribution in [1.82, 2.24) is 10.2 Å². The fourth-order valence-electron chi connectivity index (χ4n) is 3.84. The number of rotatable bonds is 9. The fraction of sp³-hybridized carbons (Fsp3) is 0.310. The molecule has 0 radical (unpaired) electrons. The number of hydrogen-bond donors (Lipinski definition) is 1. The van der Waals surface area contributed by atoms with Gasteiger partial charge < -0.3 is 10.2 Å². The van der Waals surface area contributed by atoms with Crippen LogP contribution in [0.4, 0.5) is 10.1 Å². The van der Waals surface area contributed by atoms with Crippen LogP contribution < -0.4 is 9.62 Å². The van der Waals surface area contributed by atoms with Gasteiger partial charge in [0.2, 0.25) is 11.8 Å². The van der Waals surface area contributed by atoms with Crippen molar-refractivity contribution in [3.05, 3.63) is 94.2 Å². The van der Waals surface area contributed by atoms with Gasteiger partial charge in [0.1, 0.15) is 18.4 Å². The van der Waals surface area contributed by atoms with Crippen LogP contribution in [0.2, 0.25) is 0 Å². The fourth-order valence-corrected chi connectivity index (χ4v) is 5.52. The molecular weight excluding hydrogens is 585 g/mol. The van der Waals surface area contributed by atoms with Crippen molar-refractivity contribution in [2.24, 2.45) is 0 Å². The first-order valence-electron chi connectivity index (χ1n) is 12.4. The molecule has 0 spiro atoms. The van der Waals surface area contributed by atoms with Crippen molar-refractivity contribution < 1.29 is 22.4 Å². The highest BCUT2D eigenvalue weighted by molar-refractivity contribution is 9.10. The van der Waals surface area contributed by atoms with Crippen LogP contribution in [-0.4, -0.2) is 43.3 Å². The average molecular weight is 619 g/mol. The van der Waals surface area contributed by atoms with Gasteiger partial charge in [-0.1, -0.05) is 51.8 Å². The molecule has 0 bridgehead atoms. The Balaban J connectivity index is 2.04. The van der Waals surface area contributed by atoms with Crippen LogP contribution in [0.25, 0.3) is 0 Å². The Morgan fingerprint density at radius 1 is 0.974 bits per heavy atom. The molecule has 39 heavy (non-hydrogen) atoms. The van der Waals surface area contributed by atoms with Crippen molar-refractivity contribution in [3.8, 4) is 0 Å². The maximum atomic E-state index is 14.6. The van der Waals surface area contributed by atoms with Gasteiger partial charge in [-0.25, -0.2) is 12.8 Å².